The molecule has 27 heavy (non-hydrogen) atoms. The van der Waals surface area contributed by atoms with Crippen LogP contribution in [0, 0.1) is 5.41 Å². The largest absolute Gasteiger partial charge is 0.371 e. The van der Waals surface area contributed by atoms with Crippen LogP contribution in [0.5, 0.6) is 0 Å². The molecule has 0 heterocycles. The molecule has 2 rings (SSSR count). The summed E-state index contributed by atoms with van der Waals surface area (Å²) in [6.45, 7) is 3.74. The molecule has 4 N–H and O–H groups in total. The van der Waals surface area contributed by atoms with E-state index in [2.05, 4.69) is 127 Å². The summed E-state index contributed by atoms with van der Waals surface area (Å²) in [5, 5.41) is 42.6. The molecule has 0 radical (unpaired) electrons. The molecule has 152 valence electrons. The predicted molar refractivity (Wildman–Crippen MR) is 135 cm³/mol. The van der Waals surface area contributed by atoms with E-state index in [1.807, 2.05) is 13.8 Å². The zero-order valence-corrected chi connectivity index (χ0v) is 26.2. The second-order valence-corrected chi connectivity index (χ2v) is 14.5. The number of halogens is 8. The molecule has 0 aromatic heterocycles. The Bertz CT molecular complexity index is 752. The van der Waals surface area contributed by atoms with Gasteiger partial charge in [0.05, 0.1) is 8.96 Å². The van der Waals surface area contributed by atoms with Crippen LogP contribution in [0.15, 0.2) is 41.2 Å². The smallest absolute Gasteiger partial charge is 0.195 e. The molecule has 0 saturated heterocycles. The van der Waals surface area contributed by atoms with Gasteiger partial charge in [-0.1, -0.05) is 45.7 Å². The predicted octanol–water partition coefficient (Wildman–Crippen LogP) is 6.23. The first-order valence-corrected chi connectivity index (χ1v) is 13.4. The summed E-state index contributed by atoms with van der Waals surface area (Å²) in [6.07, 6.45) is 2.93. The quantitative estimate of drug-likeness (QED) is 0.248. The van der Waals surface area contributed by atoms with Gasteiger partial charge in [0.1, 0.15) is 0 Å². The van der Waals surface area contributed by atoms with E-state index >= 15 is 0 Å². The summed E-state index contributed by atoms with van der Waals surface area (Å²) in [5.41, 5.74) is 0.432. The minimum Gasteiger partial charge on any atom is -0.371 e. The monoisotopic (exact) mass is 887 g/mol. The number of rotatable bonds is 2. The molecule has 2 aliphatic carbocycles. The summed E-state index contributed by atoms with van der Waals surface area (Å²) >= 11 is 26.1. The maximum atomic E-state index is 10.7. The summed E-state index contributed by atoms with van der Waals surface area (Å²) in [4.78, 5) is 0. The average molecular weight is 895 g/mol. The van der Waals surface area contributed by atoms with Crippen LogP contribution in [-0.2, 0) is 0 Å². The number of allylic oxidation sites excluding steroid dienone is 4. The second kappa shape index (κ2) is 7.90. The third-order valence-electron chi connectivity index (χ3n) is 4.39. The molecule has 0 aliphatic heterocycles. The molecule has 0 aromatic rings. The van der Waals surface area contributed by atoms with Crippen LogP contribution < -0.4 is 0 Å². The van der Waals surface area contributed by atoms with Crippen LogP contribution in [0.2, 0.25) is 0 Å². The zero-order chi connectivity index (χ0) is 21.4. The van der Waals surface area contributed by atoms with E-state index in [-0.39, 0.29) is 8.96 Å². The van der Waals surface area contributed by atoms with Gasteiger partial charge in [-0.15, -0.1) is 0 Å². The number of alkyl halides is 4. The van der Waals surface area contributed by atoms with Crippen LogP contribution in [-0.4, -0.2) is 38.5 Å². The third-order valence-corrected chi connectivity index (χ3v) is 14.8. The second-order valence-electron chi connectivity index (χ2n) is 6.59. The van der Waals surface area contributed by atoms with Crippen molar-refractivity contribution in [2.45, 2.75) is 31.9 Å². The highest BCUT2D eigenvalue weighted by molar-refractivity contribution is 9.16. The lowest BCUT2D eigenvalue weighted by atomic mass is 9.73. The van der Waals surface area contributed by atoms with Crippen molar-refractivity contribution in [2.75, 3.05) is 0 Å². The Kier molecular flexibility index (Phi) is 7.57. The van der Waals surface area contributed by atoms with Crippen LogP contribution >= 0.6 is 127 Å². The zero-order valence-electron chi connectivity index (χ0n) is 13.5. The van der Waals surface area contributed by atoms with Gasteiger partial charge in [-0.25, -0.2) is 0 Å². The van der Waals surface area contributed by atoms with Crippen molar-refractivity contribution < 1.29 is 20.4 Å². The molecule has 0 fully saturated rings. The number of aliphatic hydroxyl groups is 4. The Labute approximate surface area is 223 Å². The Morgan fingerprint density at radius 2 is 0.926 bits per heavy atom. The van der Waals surface area contributed by atoms with Crippen molar-refractivity contribution in [1.29, 1.82) is 0 Å². The van der Waals surface area contributed by atoms with E-state index in [1.54, 1.807) is 0 Å². The van der Waals surface area contributed by atoms with Gasteiger partial charge in [-0.05, 0) is 119 Å². The fourth-order valence-corrected chi connectivity index (χ4v) is 7.96. The molecular formula is C15H12Br8O4. The van der Waals surface area contributed by atoms with Gasteiger partial charge in [0.15, 0.2) is 18.0 Å². The summed E-state index contributed by atoms with van der Waals surface area (Å²) in [7, 11) is 0. The van der Waals surface area contributed by atoms with Crippen molar-refractivity contribution in [3.8, 4) is 0 Å². The van der Waals surface area contributed by atoms with Crippen LogP contribution in [0.3, 0.4) is 0 Å². The Balaban J connectivity index is 2.73. The highest BCUT2D eigenvalue weighted by atomic mass is 79.9. The van der Waals surface area contributed by atoms with Gasteiger partial charge in [-0.3, -0.25) is 0 Å². The van der Waals surface area contributed by atoms with E-state index in [4.69, 9.17) is 0 Å². The molecule has 0 spiro atoms. The Morgan fingerprint density at radius 3 is 1.19 bits per heavy atom. The van der Waals surface area contributed by atoms with E-state index in [0.717, 1.165) is 0 Å². The fourth-order valence-electron chi connectivity index (χ4n) is 2.59. The molecule has 0 saturated carbocycles. The molecule has 4 atom stereocenters. The number of hydrogen-bond acceptors (Lipinski definition) is 4. The SMILES string of the molecule is CC(C)(C1=CC(O)(Br)C(O)(Br)C(Br)=C1Br)C1=CC(O)(Br)C(O)(Br)C(Br)=C1Br. The third kappa shape index (κ3) is 4.07. The molecule has 12 heteroatoms. The van der Waals surface area contributed by atoms with Crippen LogP contribution in [0.4, 0.5) is 0 Å². The van der Waals surface area contributed by atoms with E-state index in [9.17, 15) is 20.4 Å². The van der Waals surface area contributed by atoms with Crippen LogP contribution in [0.1, 0.15) is 13.8 Å². The highest BCUT2D eigenvalue weighted by Crippen LogP contribution is 2.60. The lowest BCUT2D eigenvalue weighted by Gasteiger charge is -2.45. The molecule has 4 unspecified atom stereocenters. The minimum atomic E-state index is -1.81. The summed E-state index contributed by atoms with van der Waals surface area (Å²) in [6, 6.07) is 0. The van der Waals surface area contributed by atoms with Crippen molar-refractivity contribution in [1.82, 2.24) is 0 Å². The van der Waals surface area contributed by atoms with Crippen molar-refractivity contribution in [3.05, 3.63) is 41.2 Å². The summed E-state index contributed by atoms with van der Waals surface area (Å²) < 4.78 is -5.61. The average Bonchev–Trinajstić information content (AvgIpc) is 2.51. The van der Waals surface area contributed by atoms with Gasteiger partial charge >= 0.3 is 0 Å². The first-order chi connectivity index (χ1) is 11.8. The van der Waals surface area contributed by atoms with E-state index in [0.29, 0.717) is 20.1 Å². The molecule has 4 nitrogen and oxygen atoms in total. The lowest BCUT2D eigenvalue weighted by Crippen LogP contribution is -2.48. The lowest BCUT2D eigenvalue weighted by molar-refractivity contribution is 0.0343. The van der Waals surface area contributed by atoms with E-state index < -0.39 is 23.5 Å². The first kappa shape index (κ1) is 25.9. The summed E-state index contributed by atoms with van der Waals surface area (Å²) in [5.74, 6) is 0. The van der Waals surface area contributed by atoms with Gasteiger partial charge in [0.25, 0.3) is 0 Å². The van der Waals surface area contributed by atoms with E-state index in [1.165, 1.54) is 12.2 Å². The maximum absolute atomic E-state index is 10.7. The maximum Gasteiger partial charge on any atom is 0.195 e. The van der Waals surface area contributed by atoms with Crippen molar-refractivity contribution >= 4 is 127 Å². The van der Waals surface area contributed by atoms with Crippen LogP contribution in [0.25, 0.3) is 0 Å². The van der Waals surface area contributed by atoms with Gasteiger partial charge in [0, 0.05) is 14.4 Å². The topological polar surface area (TPSA) is 80.9 Å². The number of hydrogen-bond donors (Lipinski definition) is 4. The fraction of sp³-hybridized carbons (Fsp3) is 0.467. The van der Waals surface area contributed by atoms with Gasteiger partial charge < -0.3 is 20.4 Å². The molecule has 0 aromatic carbocycles. The highest BCUT2D eigenvalue weighted by Gasteiger charge is 2.55. The van der Waals surface area contributed by atoms with Gasteiger partial charge in [0.2, 0.25) is 0 Å². The van der Waals surface area contributed by atoms with Crippen molar-refractivity contribution in [2.24, 2.45) is 5.41 Å². The Hall–Kier alpha value is 2.64. The first-order valence-electron chi connectivity index (χ1n) is 7.06. The molecule has 0 bridgehead atoms. The standard InChI is InChI=1S/C15H12Br8O4/c1-11(2,5-3-12(20,24)14(22,26)9(18)7(5)16)6-4-13(21,25)15(23,27)10(19)8(6)17/h3-4,24-27H,1-2H3. The normalized spacial score (nSPS) is 41.0. The molecular weight excluding hydrogens is 883 g/mol. The Morgan fingerprint density at radius 1 is 0.667 bits per heavy atom. The van der Waals surface area contributed by atoms with Crippen molar-refractivity contribution in [3.63, 3.8) is 0 Å². The molecule has 2 aliphatic rings. The molecule has 0 amide bonds. The van der Waals surface area contributed by atoms with Gasteiger partial charge in [-0.2, -0.15) is 0 Å². The minimum absolute atomic E-state index is 0.279.